The molecule has 130 valence electrons. The molecule has 0 fully saturated rings. The lowest BCUT2D eigenvalue weighted by atomic mass is 9.84. The maximum absolute atomic E-state index is 13.1. The Morgan fingerprint density at radius 1 is 1.04 bits per heavy atom. The molecule has 25 heavy (non-hydrogen) atoms. The van der Waals surface area contributed by atoms with Crippen molar-refractivity contribution in [3.8, 4) is 0 Å². The van der Waals surface area contributed by atoms with Gasteiger partial charge < -0.3 is 10.2 Å². The number of amides is 2. The Labute approximate surface area is 148 Å². The van der Waals surface area contributed by atoms with E-state index in [2.05, 4.69) is 29.6 Å². The van der Waals surface area contributed by atoms with Crippen LogP contribution in [0.3, 0.4) is 0 Å². The third-order valence-electron chi connectivity index (χ3n) is 4.71. The summed E-state index contributed by atoms with van der Waals surface area (Å²) in [5.74, 6) is -0.114. The molecule has 0 bridgehead atoms. The minimum Gasteiger partial charge on any atom is -0.342 e. The van der Waals surface area contributed by atoms with E-state index in [0.29, 0.717) is 13.1 Å². The van der Waals surface area contributed by atoms with Gasteiger partial charge in [-0.3, -0.25) is 9.59 Å². The molecule has 1 heterocycles. The number of hydrogen-bond acceptors (Lipinski definition) is 2. The molecule has 2 amide bonds. The molecule has 1 N–H and O–H groups in total. The van der Waals surface area contributed by atoms with Crippen LogP contribution in [0.1, 0.15) is 43.4 Å². The lowest BCUT2D eigenvalue weighted by molar-refractivity contribution is -0.141. The third-order valence-corrected chi connectivity index (χ3v) is 4.71. The Hall–Kier alpha value is -2.62. The largest absolute Gasteiger partial charge is 0.342 e. The van der Waals surface area contributed by atoms with Gasteiger partial charge in [-0.1, -0.05) is 54.6 Å². The van der Waals surface area contributed by atoms with Crippen LogP contribution in [-0.4, -0.2) is 28.8 Å². The van der Waals surface area contributed by atoms with Crippen molar-refractivity contribution in [2.45, 2.75) is 38.8 Å². The van der Waals surface area contributed by atoms with Crippen LogP contribution in [0.5, 0.6) is 0 Å². The van der Waals surface area contributed by atoms with E-state index in [1.165, 1.54) is 18.1 Å². The van der Waals surface area contributed by atoms with E-state index in [9.17, 15) is 9.59 Å². The fraction of sp³-hybridized carbons (Fsp3) is 0.333. The highest BCUT2D eigenvalue weighted by Gasteiger charge is 2.37. The molecule has 1 aliphatic rings. The van der Waals surface area contributed by atoms with Crippen molar-refractivity contribution in [3.05, 3.63) is 71.3 Å². The van der Waals surface area contributed by atoms with Crippen molar-refractivity contribution in [3.63, 3.8) is 0 Å². The van der Waals surface area contributed by atoms with Gasteiger partial charge in [-0.15, -0.1) is 0 Å². The van der Waals surface area contributed by atoms with Crippen molar-refractivity contribution in [1.29, 1.82) is 0 Å². The summed E-state index contributed by atoms with van der Waals surface area (Å²) in [5, 5.41) is 2.76. The molecule has 0 saturated carbocycles. The highest BCUT2D eigenvalue weighted by atomic mass is 16.2. The van der Waals surface area contributed by atoms with Gasteiger partial charge in [-0.05, 0) is 30.5 Å². The smallest absolute Gasteiger partial charge is 0.248 e. The van der Waals surface area contributed by atoms with Crippen molar-refractivity contribution in [1.82, 2.24) is 10.2 Å². The second-order valence-electron chi connectivity index (χ2n) is 7.15. The summed E-state index contributed by atoms with van der Waals surface area (Å²) in [5.41, 5.74) is 2.72. The number of carbonyl (C=O) groups excluding carboxylic acids is 2. The first-order valence-corrected chi connectivity index (χ1v) is 8.59. The molecule has 1 aliphatic heterocycles. The van der Waals surface area contributed by atoms with Gasteiger partial charge in [0.1, 0.15) is 5.54 Å². The number of rotatable bonds is 3. The summed E-state index contributed by atoms with van der Waals surface area (Å²) in [6.45, 7) is 6.14. The monoisotopic (exact) mass is 336 g/mol. The quantitative estimate of drug-likeness (QED) is 0.936. The summed E-state index contributed by atoms with van der Waals surface area (Å²) >= 11 is 0. The van der Waals surface area contributed by atoms with Gasteiger partial charge in [0, 0.05) is 25.9 Å². The summed E-state index contributed by atoms with van der Waals surface area (Å²) in [6, 6.07) is 18.6. The van der Waals surface area contributed by atoms with Gasteiger partial charge in [0.2, 0.25) is 11.8 Å². The molecule has 0 saturated heterocycles. The zero-order valence-electron chi connectivity index (χ0n) is 15.0. The Bertz CT molecular complexity index is 783. The van der Waals surface area contributed by atoms with E-state index in [4.69, 9.17) is 0 Å². The van der Waals surface area contributed by atoms with Crippen LogP contribution in [0.15, 0.2) is 54.6 Å². The molecule has 2 aromatic rings. The van der Waals surface area contributed by atoms with Gasteiger partial charge in [-0.2, -0.15) is 0 Å². The molecule has 4 heteroatoms. The first-order valence-electron chi connectivity index (χ1n) is 8.59. The lowest BCUT2D eigenvalue weighted by Gasteiger charge is -2.39. The summed E-state index contributed by atoms with van der Waals surface area (Å²) < 4.78 is 0. The van der Waals surface area contributed by atoms with Gasteiger partial charge in [0.05, 0.1) is 0 Å². The Balaban J connectivity index is 1.94. The van der Waals surface area contributed by atoms with Gasteiger partial charge in [0.25, 0.3) is 0 Å². The second kappa shape index (κ2) is 6.71. The lowest BCUT2D eigenvalue weighted by Crippen LogP contribution is -2.56. The van der Waals surface area contributed by atoms with Crippen LogP contribution in [0.4, 0.5) is 0 Å². The number of benzene rings is 2. The fourth-order valence-electron chi connectivity index (χ4n) is 3.62. The average Bonchev–Trinajstić information content (AvgIpc) is 2.59. The number of carbonyl (C=O) groups is 2. The van der Waals surface area contributed by atoms with Crippen LogP contribution < -0.4 is 5.32 Å². The topological polar surface area (TPSA) is 49.4 Å². The number of nitrogens with one attached hydrogen (secondary N) is 1. The van der Waals surface area contributed by atoms with Crippen molar-refractivity contribution in [2.24, 2.45) is 0 Å². The zero-order chi connectivity index (χ0) is 18.0. The molecule has 0 spiro atoms. The number of fused-ring (bicyclic) bond motifs is 1. The van der Waals surface area contributed by atoms with E-state index >= 15 is 0 Å². The Kier molecular flexibility index (Phi) is 4.62. The Morgan fingerprint density at radius 3 is 2.36 bits per heavy atom. The molecule has 0 aromatic heterocycles. The SMILES string of the molecule is CC(=O)NC(C)(C)C(=O)N1Cc2ccccc2[C@@H](c2ccccc2)C1. The number of nitrogens with zero attached hydrogens (tertiary/aromatic N) is 1. The second-order valence-corrected chi connectivity index (χ2v) is 7.15. The van der Waals surface area contributed by atoms with Crippen molar-refractivity contribution < 1.29 is 9.59 Å². The molecular weight excluding hydrogens is 312 g/mol. The fourth-order valence-corrected chi connectivity index (χ4v) is 3.62. The zero-order valence-corrected chi connectivity index (χ0v) is 15.0. The molecule has 0 radical (unpaired) electrons. The van der Waals surface area contributed by atoms with Crippen LogP contribution >= 0.6 is 0 Å². The van der Waals surface area contributed by atoms with Crippen molar-refractivity contribution in [2.75, 3.05) is 6.54 Å². The van der Waals surface area contributed by atoms with Gasteiger partial charge in [0.15, 0.2) is 0 Å². The number of hydrogen-bond donors (Lipinski definition) is 1. The third kappa shape index (κ3) is 3.58. The highest BCUT2D eigenvalue weighted by molar-refractivity contribution is 5.90. The van der Waals surface area contributed by atoms with Crippen LogP contribution in [0, 0.1) is 0 Å². The van der Waals surface area contributed by atoms with Crippen LogP contribution in [0.2, 0.25) is 0 Å². The Morgan fingerprint density at radius 2 is 1.68 bits per heavy atom. The first kappa shape index (κ1) is 17.2. The summed E-state index contributed by atoms with van der Waals surface area (Å²) in [6.07, 6.45) is 0. The molecule has 1 atom stereocenters. The maximum atomic E-state index is 13.1. The maximum Gasteiger partial charge on any atom is 0.248 e. The van der Waals surface area contributed by atoms with Crippen LogP contribution in [0.25, 0.3) is 0 Å². The summed E-state index contributed by atoms with van der Waals surface area (Å²) in [7, 11) is 0. The van der Waals surface area contributed by atoms with Crippen molar-refractivity contribution >= 4 is 11.8 Å². The van der Waals surface area contributed by atoms with Crippen LogP contribution in [-0.2, 0) is 16.1 Å². The van der Waals surface area contributed by atoms with Gasteiger partial charge in [-0.25, -0.2) is 0 Å². The predicted octanol–water partition coefficient (Wildman–Crippen LogP) is 3.08. The predicted molar refractivity (Wildman–Crippen MR) is 98.0 cm³/mol. The molecule has 0 aliphatic carbocycles. The molecule has 0 unspecified atom stereocenters. The minimum atomic E-state index is -0.917. The van der Waals surface area contributed by atoms with E-state index in [-0.39, 0.29) is 17.7 Å². The van der Waals surface area contributed by atoms with E-state index in [1.807, 2.05) is 35.2 Å². The van der Waals surface area contributed by atoms with Gasteiger partial charge >= 0.3 is 0 Å². The average molecular weight is 336 g/mol. The van der Waals surface area contributed by atoms with E-state index in [1.54, 1.807) is 13.8 Å². The minimum absolute atomic E-state index is 0.0573. The normalized spacial score (nSPS) is 16.9. The molecule has 3 rings (SSSR count). The molecule has 2 aromatic carbocycles. The highest BCUT2D eigenvalue weighted by Crippen LogP contribution is 2.34. The molecule has 4 nitrogen and oxygen atoms in total. The van der Waals surface area contributed by atoms with E-state index < -0.39 is 5.54 Å². The summed E-state index contributed by atoms with van der Waals surface area (Å²) in [4.78, 5) is 26.4. The van der Waals surface area contributed by atoms with E-state index in [0.717, 1.165) is 5.56 Å². The standard InChI is InChI=1S/C21H24N2O2/c1-15(24)22-21(2,3)20(25)23-13-17-11-7-8-12-18(17)19(14-23)16-9-5-4-6-10-16/h4-12,19H,13-14H2,1-3H3,(H,22,24)/t19-/m1/s1. The first-order chi connectivity index (χ1) is 11.9. The molecular formula is C21H24N2O2.